The smallest absolute Gasteiger partial charge is 0.407 e. The van der Waals surface area contributed by atoms with Gasteiger partial charge in [0.05, 0.1) is 19.3 Å². The van der Waals surface area contributed by atoms with Gasteiger partial charge in [-0.2, -0.15) is 0 Å². The monoisotopic (exact) mass is 325 g/mol. The molecule has 0 spiro atoms. The van der Waals surface area contributed by atoms with Gasteiger partial charge >= 0.3 is 6.09 Å². The van der Waals surface area contributed by atoms with Crippen molar-refractivity contribution < 1.29 is 14.3 Å². The maximum atomic E-state index is 11.9. The van der Waals surface area contributed by atoms with Crippen LogP contribution >= 0.6 is 0 Å². The lowest BCUT2D eigenvalue weighted by Gasteiger charge is -2.17. The summed E-state index contributed by atoms with van der Waals surface area (Å²) >= 11 is 0. The normalized spacial score (nSPS) is 11.5. The molecule has 0 saturated carbocycles. The number of alkyl carbamates (subject to hydrolysis) is 1. The SMILES string of the molecule is C=CC[C@@H](COCc1ccccc1)NC(=O)OCc1ccccc1. The van der Waals surface area contributed by atoms with Crippen molar-refractivity contribution in [3.63, 3.8) is 0 Å². The quantitative estimate of drug-likeness (QED) is 0.707. The van der Waals surface area contributed by atoms with Gasteiger partial charge in [0.1, 0.15) is 6.61 Å². The van der Waals surface area contributed by atoms with Gasteiger partial charge in [0.2, 0.25) is 0 Å². The van der Waals surface area contributed by atoms with Crippen LogP contribution in [0.15, 0.2) is 73.3 Å². The molecular formula is C20H23NO3. The number of carbonyl (C=O) groups is 1. The lowest BCUT2D eigenvalue weighted by Crippen LogP contribution is -2.38. The Hall–Kier alpha value is -2.59. The molecule has 0 aliphatic rings. The summed E-state index contributed by atoms with van der Waals surface area (Å²) in [4.78, 5) is 11.9. The zero-order chi connectivity index (χ0) is 17.0. The molecule has 2 aromatic rings. The molecule has 0 saturated heterocycles. The Labute approximate surface area is 143 Å². The van der Waals surface area contributed by atoms with E-state index in [0.717, 1.165) is 11.1 Å². The molecule has 0 aromatic heterocycles. The van der Waals surface area contributed by atoms with E-state index < -0.39 is 6.09 Å². The molecule has 1 amide bonds. The van der Waals surface area contributed by atoms with E-state index in [1.165, 1.54) is 0 Å². The maximum Gasteiger partial charge on any atom is 0.407 e. The second-order valence-corrected chi connectivity index (χ2v) is 5.43. The first kappa shape index (κ1) is 17.8. The fraction of sp³-hybridized carbons (Fsp3) is 0.250. The standard InChI is InChI=1S/C20H23NO3/c1-2-9-19(16-23-14-17-10-5-3-6-11-17)21-20(22)24-15-18-12-7-4-8-13-18/h2-8,10-13,19H,1,9,14-16H2,(H,21,22)/t19-/m0/s1. The van der Waals surface area contributed by atoms with Crippen LogP contribution < -0.4 is 5.32 Å². The van der Waals surface area contributed by atoms with Crippen LogP contribution in [-0.4, -0.2) is 18.7 Å². The van der Waals surface area contributed by atoms with Gasteiger partial charge in [0, 0.05) is 0 Å². The van der Waals surface area contributed by atoms with Crippen molar-refractivity contribution in [2.75, 3.05) is 6.61 Å². The molecule has 0 aliphatic carbocycles. The molecule has 4 heteroatoms. The second-order valence-electron chi connectivity index (χ2n) is 5.43. The summed E-state index contributed by atoms with van der Waals surface area (Å²) in [5.41, 5.74) is 2.05. The zero-order valence-corrected chi connectivity index (χ0v) is 13.7. The van der Waals surface area contributed by atoms with Crippen molar-refractivity contribution >= 4 is 6.09 Å². The van der Waals surface area contributed by atoms with Gasteiger partial charge in [-0.05, 0) is 17.5 Å². The summed E-state index contributed by atoms with van der Waals surface area (Å²) in [5, 5.41) is 2.82. The van der Waals surface area contributed by atoms with E-state index in [2.05, 4.69) is 11.9 Å². The van der Waals surface area contributed by atoms with E-state index in [-0.39, 0.29) is 12.6 Å². The Morgan fingerprint density at radius 3 is 2.17 bits per heavy atom. The van der Waals surface area contributed by atoms with E-state index in [4.69, 9.17) is 9.47 Å². The van der Waals surface area contributed by atoms with E-state index in [1.807, 2.05) is 60.7 Å². The third-order valence-corrected chi connectivity index (χ3v) is 3.42. The van der Waals surface area contributed by atoms with Crippen molar-refractivity contribution in [3.05, 3.63) is 84.4 Å². The van der Waals surface area contributed by atoms with E-state index in [9.17, 15) is 4.79 Å². The Morgan fingerprint density at radius 2 is 1.58 bits per heavy atom. The number of nitrogens with one attached hydrogen (secondary N) is 1. The van der Waals surface area contributed by atoms with Crippen LogP contribution in [0.2, 0.25) is 0 Å². The molecule has 0 radical (unpaired) electrons. The highest BCUT2D eigenvalue weighted by atomic mass is 16.5. The highest BCUT2D eigenvalue weighted by molar-refractivity contribution is 5.67. The predicted octanol–water partition coefficient (Wildman–Crippen LogP) is 4.07. The molecule has 2 aromatic carbocycles. The van der Waals surface area contributed by atoms with Crippen LogP contribution in [-0.2, 0) is 22.7 Å². The topological polar surface area (TPSA) is 47.6 Å². The molecule has 2 rings (SSSR count). The molecule has 0 unspecified atom stereocenters. The van der Waals surface area contributed by atoms with E-state index in [1.54, 1.807) is 6.08 Å². The number of benzene rings is 2. The second kappa shape index (κ2) is 10.2. The van der Waals surface area contributed by atoms with E-state index >= 15 is 0 Å². The van der Waals surface area contributed by atoms with Crippen LogP contribution in [0.5, 0.6) is 0 Å². The maximum absolute atomic E-state index is 11.9. The molecule has 1 N–H and O–H groups in total. The molecule has 0 bridgehead atoms. The van der Waals surface area contributed by atoms with Gasteiger partial charge in [0.25, 0.3) is 0 Å². The first-order valence-electron chi connectivity index (χ1n) is 7.97. The van der Waals surface area contributed by atoms with Crippen LogP contribution in [0, 0.1) is 0 Å². The average molecular weight is 325 g/mol. The lowest BCUT2D eigenvalue weighted by atomic mass is 10.2. The molecule has 0 heterocycles. The van der Waals surface area contributed by atoms with Gasteiger partial charge in [-0.1, -0.05) is 66.7 Å². The third-order valence-electron chi connectivity index (χ3n) is 3.42. The average Bonchev–Trinajstić information content (AvgIpc) is 2.62. The summed E-state index contributed by atoms with van der Waals surface area (Å²) < 4.78 is 10.9. The zero-order valence-electron chi connectivity index (χ0n) is 13.7. The summed E-state index contributed by atoms with van der Waals surface area (Å²) in [6.45, 7) is 4.88. The lowest BCUT2D eigenvalue weighted by molar-refractivity contribution is 0.0893. The molecule has 1 atom stereocenters. The molecule has 0 aliphatic heterocycles. The fourth-order valence-electron chi connectivity index (χ4n) is 2.19. The van der Waals surface area contributed by atoms with Crippen LogP contribution in [0.1, 0.15) is 17.5 Å². The van der Waals surface area contributed by atoms with Crippen LogP contribution in [0.4, 0.5) is 4.79 Å². The van der Waals surface area contributed by atoms with Gasteiger partial charge < -0.3 is 14.8 Å². The molecular weight excluding hydrogens is 302 g/mol. The Morgan fingerprint density at radius 1 is 1.00 bits per heavy atom. The van der Waals surface area contributed by atoms with Crippen molar-refractivity contribution in [1.29, 1.82) is 0 Å². The first-order chi connectivity index (χ1) is 11.8. The molecule has 24 heavy (non-hydrogen) atoms. The first-order valence-corrected chi connectivity index (χ1v) is 7.97. The Bertz CT molecular complexity index is 613. The largest absolute Gasteiger partial charge is 0.445 e. The predicted molar refractivity (Wildman–Crippen MR) is 94.5 cm³/mol. The number of ether oxygens (including phenoxy) is 2. The number of carbonyl (C=O) groups excluding carboxylic acids is 1. The third kappa shape index (κ3) is 6.67. The van der Waals surface area contributed by atoms with Crippen LogP contribution in [0.25, 0.3) is 0 Å². The highest BCUT2D eigenvalue weighted by Crippen LogP contribution is 2.04. The Balaban J connectivity index is 1.73. The Kier molecular flexibility index (Phi) is 7.57. The van der Waals surface area contributed by atoms with Crippen molar-refractivity contribution in [2.45, 2.75) is 25.7 Å². The van der Waals surface area contributed by atoms with Crippen molar-refractivity contribution in [1.82, 2.24) is 5.32 Å². The minimum atomic E-state index is -0.450. The molecule has 126 valence electrons. The number of hydrogen-bond donors (Lipinski definition) is 1. The summed E-state index contributed by atoms with van der Waals surface area (Å²) in [6, 6.07) is 19.3. The van der Waals surface area contributed by atoms with Gasteiger partial charge in [0.15, 0.2) is 0 Å². The summed E-state index contributed by atoms with van der Waals surface area (Å²) in [7, 11) is 0. The number of amides is 1. The highest BCUT2D eigenvalue weighted by Gasteiger charge is 2.12. The fourth-order valence-corrected chi connectivity index (χ4v) is 2.19. The summed E-state index contributed by atoms with van der Waals surface area (Å²) in [5.74, 6) is 0. The van der Waals surface area contributed by atoms with Gasteiger partial charge in [-0.3, -0.25) is 0 Å². The molecule has 4 nitrogen and oxygen atoms in total. The van der Waals surface area contributed by atoms with Crippen molar-refractivity contribution in [3.8, 4) is 0 Å². The minimum Gasteiger partial charge on any atom is -0.445 e. The number of hydrogen-bond acceptors (Lipinski definition) is 3. The summed E-state index contributed by atoms with van der Waals surface area (Å²) in [6.07, 6.45) is 1.93. The molecule has 0 fully saturated rings. The number of rotatable bonds is 9. The minimum absolute atomic E-state index is 0.158. The van der Waals surface area contributed by atoms with Crippen molar-refractivity contribution in [2.24, 2.45) is 0 Å². The van der Waals surface area contributed by atoms with Gasteiger partial charge in [-0.25, -0.2) is 4.79 Å². The van der Waals surface area contributed by atoms with E-state index in [0.29, 0.717) is 19.6 Å². The van der Waals surface area contributed by atoms with Crippen LogP contribution in [0.3, 0.4) is 0 Å². The van der Waals surface area contributed by atoms with Gasteiger partial charge in [-0.15, -0.1) is 6.58 Å².